The lowest BCUT2D eigenvalue weighted by atomic mass is 9.93. The number of carbonyl (C=O) groups excluding carboxylic acids is 2. The summed E-state index contributed by atoms with van der Waals surface area (Å²) in [6.45, 7) is 2.95. The first-order valence-electron chi connectivity index (χ1n) is 11.0. The SMILES string of the molecule is CCOc1ccc(Oc2ccc(Cl)cc2NC(=O)CN2Cc3ccccc3C[C@H]2C(N)=O)cc1. The number of hydrogen-bond donors (Lipinski definition) is 2. The van der Waals surface area contributed by atoms with Gasteiger partial charge in [-0.1, -0.05) is 35.9 Å². The number of benzene rings is 3. The molecule has 0 saturated carbocycles. The summed E-state index contributed by atoms with van der Waals surface area (Å²) < 4.78 is 11.4. The topological polar surface area (TPSA) is 93.9 Å². The summed E-state index contributed by atoms with van der Waals surface area (Å²) in [5.41, 5.74) is 8.23. The third kappa shape index (κ3) is 5.68. The van der Waals surface area contributed by atoms with E-state index in [9.17, 15) is 9.59 Å². The monoisotopic (exact) mass is 479 g/mol. The van der Waals surface area contributed by atoms with Crippen LogP contribution >= 0.6 is 11.6 Å². The zero-order valence-electron chi connectivity index (χ0n) is 18.8. The lowest BCUT2D eigenvalue weighted by molar-refractivity contribution is -0.125. The number of halogens is 1. The second-order valence-electron chi connectivity index (χ2n) is 7.99. The van der Waals surface area contributed by atoms with E-state index in [-0.39, 0.29) is 12.5 Å². The molecule has 8 heteroatoms. The zero-order chi connectivity index (χ0) is 24.1. The van der Waals surface area contributed by atoms with Crippen LogP contribution in [-0.2, 0) is 22.6 Å². The van der Waals surface area contributed by atoms with Gasteiger partial charge in [0.2, 0.25) is 11.8 Å². The number of amides is 2. The Morgan fingerprint density at radius 1 is 1.06 bits per heavy atom. The van der Waals surface area contributed by atoms with E-state index in [2.05, 4.69) is 5.32 Å². The van der Waals surface area contributed by atoms with Crippen LogP contribution in [0.15, 0.2) is 66.7 Å². The predicted molar refractivity (Wildman–Crippen MR) is 131 cm³/mol. The van der Waals surface area contributed by atoms with E-state index in [4.69, 9.17) is 26.8 Å². The fourth-order valence-electron chi connectivity index (χ4n) is 3.98. The number of anilines is 1. The molecule has 0 saturated heterocycles. The number of ether oxygens (including phenoxy) is 2. The van der Waals surface area contributed by atoms with Gasteiger partial charge < -0.3 is 20.5 Å². The number of nitrogens with zero attached hydrogens (tertiary/aromatic N) is 1. The highest BCUT2D eigenvalue weighted by molar-refractivity contribution is 6.31. The van der Waals surface area contributed by atoms with Crippen molar-refractivity contribution in [3.8, 4) is 17.2 Å². The van der Waals surface area contributed by atoms with Gasteiger partial charge in [-0.25, -0.2) is 0 Å². The van der Waals surface area contributed by atoms with E-state index >= 15 is 0 Å². The van der Waals surface area contributed by atoms with Gasteiger partial charge in [0.15, 0.2) is 5.75 Å². The molecular formula is C26H26ClN3O4. The van der Waals surface area contributed by atoms with E-state index < -0.39 is 11.9 Å². The van der Waals surface area contributed by atoms with Crippen molar-refractivity contribution in [1.82, 2.24) is 4.90 Å². The minimum Gasteiger partial charge on any atom is -0.494 e. The lowest BCUT2D eigenvalue weighted by Gasteiger charge is -2.34. The first-order chi connectivity index (χ1) is 16.4. The molecule has 0 fully saturated rings. The molecule has 0 unspecified atom stereocenters. The standard InChI is InChI=1S/C26H26ClN3O4/c1-2-33-20-8-10-21(11-9-20)34-24-12-7-19(27)14-22(24)29-25(31)16-30-15-18-6-4-3-5-17(18)13-23(30)26(28)32/h3-12,14,23H,2,13,15-16H2,1H3,(H2,28,32)(H,29,31)/t23-/m0/s1. The molecule has 2 amide bonds. The Kier molecular flexibility index (Phi) is 7.35. The summed E-state index contributed by atoms with van der Waals surface area (Å²) in [5.74, 6) is 1.01. The number of carbonyl (C=O) groups is 2. The van der Waals surface area contributed by atoms with Crippen LogP contribution in [0.3, 0.4) is 0 Å². The van der Waals surface area contributed by atoms with E-state index in [1.165, 1.54) is 0 Å². The molecule has 0 spiro atoms. The molecule has 176 valence electrons. The molecule has 0 bridgehead atoms. The van der Waals surface area contributed by atoms with Crippen molar-refractivity contribution in [2.75, 3.05) is 18.5 Å². The van der Waals surface area contributed by atoms with Crippen LogP contribution in [-0.4, -0.2) is 35.9 Å². The van der Waals surface area contributed by atoms with Crippen molar-refractivity contribution in [3.63, 3.8) is 0 Å². The molecule has 3 aromatic rings. The van der Waals surface area contributed by atoms with Crippen LogP contribution in [0, 0.1) is 0 Å². The number of hydrogen-bond acceptors (Lipinski definition) is 5. The molecule has 1 atom stereocenters. The fourth-order valence-corrected chi connectivity index (χ4v) is 4.16. The van der Waals surface area contributed by atoms with Crippen molar-refractivity contribution in [1.29, 1.82) is 0 Å². The highest BCUT2D eigenvalue weighted by Crippen LogP contribution is 2.33. The smallest absolute Gasteiger partial charge is 0.238 e. The summed E-state index contributed by atoms with van der Waals surface area (Å²) >= 11 is 6.18. The zero-order valence-corrected chi connectivity index (χ0v) is 19.5. The van der Waals surface area contributed by atoms with Crippen LogP contribution in [0.2, 0.25) is 5.02 Å². The average molecular weight is 480 g/mol. The molecule has 3 N–H and O–H groups in total. The number of primary amides is 1. The molecule has 4 rings (SSSR count). The third-order valence-electron chi connectivity index (χ3n) is 5.60. The Morgan fingerprint density at radius 2 is 1.76 bits per heavy atom. The lowest BCUT2D eigenvalue weighted by Crippen LogP contribution is -2.50. The Balaban J connectivity index is 1.48. The average Bonchev–Trinajstić information content (AvgIpc) is 2.81. The van der Waals surface area contributed by atoms with Crippen LogP contribution in [0.4, 0.5) is 5.69 Å². The van der Waals surface area contributed by atoms with Crippen molar-refractivity contribution < 1.29 is 19.1 Å². The van der Waals surface area contributed by atoms with Gasteiger partial charge in [-0.15, -0.1) is 0 Å². The van der Waals surface area contributed by atoms with Crippen LogP contribution in [0.5, 0.6) is 17.2 Å². The molecule has 3 aromatic carbocycles. The van der Waals surface area contributed by atoms with Gasteiger partial charge in [0.05, 0.1) is 24.9 Å². The first kappa shape index (κ1) is 23.6. The normalized spacial score (nSPS) is 15.3. The molecule has 7 nitrogen and oxygen atoms in total. The van der Waals surface area contributed by atoms with Crippen LogP contribution in [0.25, 0.3) is 0 Å². The van der Waals surface area contributed by atoms with Gasteiger partial charge in [0.1, 0.15) is 11.5 Å². The minimum absolute atomic E-state index is 0.00303. The highest BCUT2D eigenvalue weighted by Gasteiger charge is 2.31. The Morgan fingerprint density at radius 3 is 2.47 bits per heavy atom. The number of rotatable bonds is 8. The maximum atomic E-state index is 13.0. The van der Waals surface area contributed by atoms with Crippen LogP contribution in [0.1, 0.15) is 18.1 Å². The molecule has 1 aliphatic heterocycles. The molecule has 0 radical (unpaired) electrons. The van der Waals surface area contributed by atoms with Gasteiger partial charge in [-0.05, 0) is 66.9 Å². The van der Waals surface area contributed by atoms with Gasteiger partial charge in [-0.2, -0.15) is 0 Å². The number of fused-ring (bicyclic) bond motifs is 1. The first-order valence-corrected chi connectivity index (χ1v) is 11.4. The summed E-state index contributed by atoms with van der Waals surface area (Å²) in [6, 6.07) is 19.5. The van der Waals surface area contributed by atoms with Crippen molar-refractivity contribution in [2.24, 2.45) is 5.73 Å². The Hall–Kier alpha value is -3.55. The molecule has 1 aliphatic rings. The van der Waals surface area contributed by atoms with E-state index in [0.29, 0.717) is 41.8 Å². The Labute approximate surface area is 203 Å². The molecule has 0 aromatic heterocycles. The van der Waals surface area contributed by atoms with Crippen molar-refractivity contribution >= 4 is 29.1 Å². The largest absolute Gasteiger partial charge is 0.494 e. The second-order valence-corrected chi connectivity index (χ2v) is 8.43. The number of nitrogens with two attached hydrogens (primary N) is 1. The van der Waals surface area contributed by atoms with Gasteiger partial charge >= 0.3 is 0 Å². The summed E-state index contributed by atoms with van der Waals surface area (Å²) in [7, 11) is 0. The highest BCUT2D eigenvalue weighted by atomic mass is 35.5. The molecule has 1 heterocycles. The molecule has 0 aliphatic carbocycles. The van der Waals surface area contributed by atoms with Crippen molar-refractivity contribution in [3.05, 3.63) is 82.9 Å². The third-order valence-corrected chi connectivity index (χ3v) is 5.83. The van der Waals surface area contributed by atoms with E-state index in [1.807, 2.05) is 43.3 Å². The number of nitrogens with one attached hydrogen (secondary N) is 1. The summed E-state index contributed by atoms with van der Waals surface area (Å²) in [4.78, 5) is 26.8. The summed E-state index contributed by atoms with van der Waals surface area (Å²) in [5, 5.41) is 3.32. The second kappa shape index (κ2) is 10.6. The molecular weight excluding hydrogens is 454 g/mol. The minimum atomic E-state index is -0.556. The molecule has 34 heavy (non-hydrogen) atoms. The quantitative estimate of drug-likeness (QED) is 0.500. The fraction of sp³-hybridized carbons (Fsp3) is 0.231. The van der Waals surface area contributed by atoms with E-state index in [1.54, 1.807) is 35.2 Å². The van der Waals surface area contributed by atoms with Crippen LogP contribution < -0.4 is 20.5 Å². The van der Waals surface area contributed by atoms with Crippen molar-refractivity contribution in [2.45, 2.75) is 25.9 Å². The van der Waals surface area contributed by atoms with Gasteiger partial charge in [0, 0.05) is 11.6 Å². The van der Waals surface area contributed by atoms with E-state index in [0.717, 1.165) is 16.9 Å². The maximum absolute atomic E-state index is 13.0. The van der Waals surface area contributed by atoms with Gasteiger partial charge in [0.25, 0.3) is 0 Å². The summed E-state index contributed by atoms with van der Waals surface area (Å²) in [6.07, 6.45) is 0.474. The van der Waals surface area contributed by atoms with Gasteiger partial charge in [-0.3, -0.25) is 14.5 Å². The maximum Gasteiger partial charge on any atom is 0.238 e. The Bertz CT molecular complexity index is 1180. The predicted octanol–water partition coefficient (Wildman–Crippen LogP) is 4.38.